The van der Waals surface area contributed by atoms with Crippen molar-refractivity contribution in [3.8, 4) is 0 Å². The Balaban J connectivity index is 1.50. The van der Waals surface area contributed by atoms with Crippen molar-refractivity contribution in [2.24, 2.45) is 0 Å². The molecule has 0 amide bonds. The number of aromatic nitrogens is 1. The minimum atomic E-state index is -0.263. The Bertz CT molecular complexity index is 408. The molecule has 1 saturated heterocycles. The number of hydrogen-bond acceptors (Lipinski definition) is 5. The number of ether oxygens (including phenoxy) is 2. The predicted molar refractivity (Wildman–Crippen MR) is 69.7 cm³/mol. The molecule has 0 radical (unpaired) electrons. The van der Waals surface area contributed by atoms with Crippen LogP contribution in [0.4, 0.5) is 0 Å². The van der Waals surface area contributed by atoms with Crippen molar-refractivity contribution in [2.75, 3.05) is 13.2 Å². The Hall–Kier alpha value is -0.910. The fourth-order valence-corrected chi connectivity index (χ4v) is 3.05. The van der Waals surface area contributed by atoms with E-state index in [0.717, 1.165) is 56.9 Å². The highest BCUT2D eigenvalue weighted by molar-refractivity contribution is 5.20. The fourth-order valence-electron chi connectivity index (χ4n) is 3.05. The molecule has 0 unspecified atom stereocenters. The van der Waals surface area contributed by atoms with Crippen LogP contribution in [0.15, 0.2) is 4.52 Å². The molecule has 3 rings (SSSR count). The highest BCUT2D eigenvalue weighted by atomic mass is 16.7. The minimum absolute atomic E-state index is 0.263. The zero-order valence-corrected chi connectivity index (χ0v) is 11.7. The lowest BCUT2D eigenvalue weighted by Gasteiger charge is -2.35. The molecule has 0 aromatic carbocycles. The molecule has 1 aliphatic carbocycles. The van der Waals surface area contributed by atoms with E-state index in [9.17, 15) is 0 Å². The first-order chi connectivity index (χ1) is 9.19. The molecule has 19 heavy (non-hydrogen) atoms. The SMILES string of the molecule is Cc1noc(C)c1CNC1CCC2(CC1)OCCO2. The molecule has 5 heteroatoms. The third-order valence-corrected chi connectivity index (χ3v) is 4.31. The van der Waals surface area contributed by atoms with Crippen LogP contribution in [0.5, 0.6) is 0 Å². The van der Waals surface area contributed by atoms with Crippen LogP contribution >= 0.6 is 0 Å². The molecule has 1 N–H and O–H groups in total. The molecule has 2 heterocycles. The quantitative estimate of drug-likeness (QED) is 0.907. The molecule has 2 aliphatic rings. The van der Waals surface area contributed by atoms with E-state index in [4.69, 9.17) is 14.0 Å². The average Bonchev–Trinajstić information content (AvgIpc) is 2.99. The van der Waals surface area contributed by atoms with Crippen LogP contribution in [0.2, 0.25) is 0 Å². The molecule has 1 aromatic heterocycles. The first-order valence-electron chi connectivity index (χ1n) is 7.12. The summed E-state index contributed by atoms with van der Waals surface area (Å²) in [4.78, 5) is 0. The van der Waals surface area contributed by atoms with E-state index < -0.39 is 0 Å². The average molecular weight is 266 g/mol. The summed E-state index contributed by atoms with van der Waals surface area (Å²) >= 11 is 0. The number of rotatable bonds is 3. The van der Waals surface area contributed by atoms with E-state index >= 15 is 0 Å². The standard InChI is InChI=1S/C14H22N2O3/c1-10-13(11(2)19-16-10)9-15-12-3-5-14(6-4-12)17-7-8-18-14/h12,15H,3-9H2,1-2H3. The molecule has 2 fully saturated rings. The number of aryl methyl sites for hydroxylation is 2. The Morgan fingerprint density at radius 1 is 1.21 bits per heavy atom. The van der Waals surface area contributed by atoms with E-state index in [-0.39, 0.29) is 5.79 Å². The summed E-state index contributed by atoms with van der Waals surface area (Å²) in [6.07, 6.45) is 4.19. The van der Waals surface area contributed by atoms with Gasteiger partial charge in [0.2, 0.25) is 0 Å². The maximum Gasteiger partial charge on any atom is 0.168 e. The lowest BCUT2D eigenvalue weighted by atomic mass is 9.90. The molecule has 1 spiro atoms. The Morgan fingerprint density at radius 3 is 2.47 bits per heavy atom. The van der Waals surface area contributed by atoms with Gasteiger partial charge < -0.3 is 19.3 Å². The Labute approximate surface area is 113 Å². The second-order valence-corrected chi connectivity index (χ2v) is 5.57. The smallest absolute Gasteiger partial charge is 0.168 e. The van der Waals surface area contributed by atoms with Gasteiger partial charge in [-0.25, -0.2) is 0 Å². The van der Waals surface area contributed by atoms with Gasteiger partial charge in [-0.05, 0) is 26.7 Å². The van der Waals surface area contributed by atoms with E-state index in [2.05, 4.69) is 10.5 Å². The summed E-state index contributed by atoms with van der Waals surface area (Å²) in [5, 5.41) is 7.58. The summed E-state index contributed by atoms with van der Waals surface area (Å²) in [6.45, 7) is 6.28. The summed E-state index contributed by atoms with van der Waals surface area (Å²) in [7, 11) is 0. The lowest BCUT2D eigenvalue weighted by molar-refractivity contribution is -0.179. The molecule has 1 aliphatic heterocycles. The molecule has 0 atom stereocenters. The summed E-state index contributed by atoms with van der Waals surface area (Å²) in [5.74, 6) is 0.654. The van der Waals surface area contributed by atoms with E-state index in [0.29, 0.717) is 6.04 Å². The predicted octanol–water partition coefficient (Wildman–Crippen LogP) is 2.07. The highest BCUT2D eigenvalue weighted by Crippen LogP contribution is 2.35. The lowest BCUT2D eigenvalue weighted by Crippen LogP contribution is -2.41. The van der Waals surface area contributed by atoms with E-state index in [1.807, 2.05) is 13.8 Å². The van der Waals surface area contributed by atoms with E-state index in [1.54, 1.807) is 0 Å². The van der Waals surface area contributed by atoms with Crippen LogP contribution in [0.25, 0.3) is 0 Å². The van der Waals surface area contributed by atoms with E-state index in [1.165, 1.54) is 5.56 Å². The van der Waals surface area contributed by atoms with Crippen LogP contribution in [0.1, 0.15) is 42.7 Å². The van der Waals surface area contributed by atoms with Crippen molar-refractivity contribution < 1.29 is 14.0 Å². The second kappa shape index (κ2) is 5.23. The summed E-state index contributed by atoms with van der Waals surface area (Å²) in [5.41, 5.74) is 2.17. The molecule has 106 valence electrons. The van der Waals surface area contributed by atoms with Crippen molar-refractivity contribution in [1.29, 1.82) is 0 Å². The van der Waals surface area contributed by atoms with Gasteiger partial charge in [-0.2, -0.15) is 0 Å². The van der Waals surface area contributed by atoms with Crippen molar-refractivity contribution in [3.63, 3.8) is 0 Å². The molecular weight excluding hydrogens is 244 g/mol. The largest absolute Gasteiger partial charge is 0.361 e. The van der Waals surface area contributed by atoms with Crippen molar-refractivity contribution in [2.45, 2.75) is 57.9 Å². The van der Waals surface area contributed by atoms with Crippen molar-refractivity contribution in [1.82, 2.24) is 10.5 Å². The first-order valence-corrected chi connectivity index (χ1v) is 7.12. The van der Waals surface area contributed by atoms with Gasteiger partial charge >= 0.3 is 0 Å². The topological polar surface area (TPSA) is 56.5 Å². The van der Waals surface area contributed by atoms with Crippen LogP contribution in [-0.2, 0) is 16.0 Å². The van der Waals surface area contributed by atoms with Crippen LogP contribution in [-0.4, -0.2) is 30.2 Å². The number of nitrogens with zero attached hydrogens (tertiary/aromatic N) is 1. The first kappa shape index (κ1) is 13.1. The van der Waals surface area contributed by atoms with Crippen LogP contribution in [0, 0.1) is 13.8 Å². The number of hydrogen-bond donors (Lipinski definition) is 1. The summed E-state index contributed by atoms with van der Waals surface area (Å²) in [6, 6.07) is 0.534. The second-order valence-electron chi connectivity index (χ2n) is 5.57. The van der Waals surface area contributed by atoms with Gasteiger partial charge in [-0.3, -0.25) is 0 Å². The molecule has 0 bridgehead atoms. The zero-order chi connectivity index (χ0) is 13.3. The van der Waals surface area contributed by atoms with Crippen molar-refractivity contribution in [3.05, 3.63) is 17.0 Å². The Morgan fingerprint density at radius 2 is 1.89 bits per heavy atom. The van der Waals surface area contributed by atoms with Gasteiger partial charge in [0.05, 0.1) is 18.9 Å². The Kier molecular flexibility index (Phi) is 3.60. The zero-order valence-electron chi connectivity index (χ0n) is 11.7. The normalized spacial score (nSPS) is 23.3. The van der Waals surface area contributed by atoms with Gasteiger partial charge in [0.25, 0.3) is 0 Å². The monoisotopic (exact) mass is 266 g/mol. The van der Waals surface area contributed by atoms with Gasteiger partial charge in [-0.15, -0.1) is 0 Å². The minimum Gasteiger partial charge on any atom is -0.361 e. The highest BCUT2D eigenvalue weighted by Gasteiger charge is 2.40. The van der Waals surface area contributed by atoms with Gasteiger partial charge in [0.15, 0.2) is 5.79 Å². The molecule has 1 saturated carbocycles. The van der Waals surface area contributed by atoms with Crippen LogP contribution in [0.3, 0.4) is 0 Å². The van der Waals surface area contributed by atoms with Gasteiger partial charge in [0.1, 0.15) is 5.76 Å². The van der Waals surface area contributed by atoms with Crippen molar-refractivity contribution >= 4 is 0 Å². The number of nitrogens with one attached hydrogen (secondary N) is 1. The third-order valence-electron chi connectivity index (χ3n) is 4.31. The molecule has 1 aromatic rings. The molecule has 5 nitrogen and oxygen atoms in total. The fraction of sp³-hybridized carbons (Fsp3) is 0.786. The van der Waals surface area contributed by atoms with Gasteiger partial charge in [0, 0.05) is 31.0 Å². The molecular formula is C14H22N2O3. The van der Waals surface area contributed by atoms with Gasteiger partial charge in [-0.1, -0.05) is 5.16 Å². The van der Waals surface area contributed by atoms with Crippen LogP contribution < -0.4 is 5.32 Å². The maximum atomic E-state index is 5.74. The summed E-state index contributed by atoms with van der Waals surface area (Å²) < 4.78 is 16.7. The third kappa shape index (κ3) is 2.68. The maximum absolute atomic E-state index is 5.74.